The van der Waals surface area contributed by atoms with Gasteiger partial charge in [-0.05, 0) is 38.5 Å². The molecule has 2 rings (SSSR count). The first-order valence-electron chi connectivity index (χ1n) is 7.38. The standard InChI is InChI=1S/C16H20N2O4S/c1-4-21-12-7-6-11(8-13(12)22-5-2)9-17-16-18-10(3)14(23-16)15(19)20/h6-8H,4-5,9H2,1-3H3,(H,17,18)(H,19,20). The summed E-state index contributed by atoms with van der Waals surface area (Å²) in [4.78, 5) is 15.5. The Morgan fingerprint density at radius 1 is 1.26 bits per heavy atom. The zero-order valence-corrected chi connectivity index (χ0v) is 14.2. The molecule has 0 amide bonds. The van der Waals surface area contributed by atoms with E-state index in [-0.39, 0.29) is 4.88 Å². The van der Waals surface area contributed by atoms with Gasteiger partial charge in [0.2, 0.25) is 0 Å². The number of rotatable bonds is 8. The van der Waals surface area contributed by atoms with Crippen molar-refractivity contribution >= 4 is 22.4 Å². The number of benzene rings is 1. The Morgan fingerprint density at radius 2 is 1.96 bits per heavy atom. The van der Waals surface area contributed by atoms with E-state index in [4.69, 9.17) is 14.6 Å². The average Bonchev–Trinajstić information content (AvgIpc) is 2.89. The molecule has 0 saturated heterocycles. The number of thiazole rings is 1. The molecule has 124 valence electrons. The summed E-state index contributed by atoms with van der Waals surface area (Å²) in [6, 6.07) is 5.74. The lowest BCUT2D eigenvalue weighted by Crippen LogP contribution is -2.02. The molecule has 0 atom stereocenters. The van der Waals surface area contributed by atoms with Crippen LogP contribution in [0.4, 0.5) is 5.13 Å². The van der Waals surface area contributed by atoms with Crippen LogP contribution in [0.2, 0.25) is 0 Å². The van der Waals surface area contributed by atoms with Gasteiger partial charge in [-0.1, -0.05) is 17.4 Å². The fraction of sp³-hybridized carbons (Fsp3) is 0.375. The highest BCUT2D eigenvalue weighted by atomic mass is 32.1. The minimum atomic E-state index is -0.951. The van der Waals surface area contributed by atoms with Gasteiger partial charge in [-0.2, -0.15) is 0 Å². The van der Waals surface area contributed by atoms with E-state index in [2.05, 4.69) is 10.3 Å². The van der Waals surface area contributed by atoms with Crippen LogP contribution in [0.3, 0.4) is 0 Å². The van der Waals surface area contributed by atoms with E-state index in [0.717, 1.165) is 22.6 Å². The first kappa shape index (κ1) is 17.1. The number of ether oxygens (including phenoxy) is 2. The van der Waals surface area contributed by atoms with Crippen molar-refractivity contribution in [2.24, 2.45) is 0 Å². The van der Waals surface area contributed by atoms with Crippen LogP contribution in [-0.4, -0.2) is 29.3 Å². The van der Waals surface area contributed by atoms with Crippen LogP contribution in [0.5, 0.6) is 11.5 Å². The molecule has 0 saturated carbocycles. The summed E-state index contributed by atoms with van der Waals surface area (Å²) in [5, 5.41) is 12.8. The summed E-state index contributed by atoms with van der Waals surface area (Å²) < 4.78 is 11.1. The van der Waals surface area contributed by atoms with E-state index >= 15 is 0 Å². The number of aromatic carboxylic acids is 1. The van der Waals surface area contributed by atoms with Crippen molar-refractivity contribution in [2.75, 3.05) is 18.5 Å². The fourth-order valence-electron chi connectivity index (χ4n) is 2.05. The molecule has 1 heterocycles. The number of hydrogen-bond donors (Lipinski definition) is 2. The molecule has 0 fully saturated rings. The lowest BCUT2D eigenvalue weighted by atomic mass is 10.2. The van der Waals surface area contributed by atoms with Gasteiger partial charge in [0.1, 0.15) is 4.88 Å². The zero-order valence-electron chi connectivity index (χ0n) is 13.4. The average molecular weight is 336 g/mol. The zero-order chi connectivity index (χ0) is 16.8. The molecule has 0 unspecified atom stereocenters. The van der Waals surface area contributed by atoms with Crippen LogP contribution in [0.15, 0.2) is 18.2 Å². The molecule has 6 nitrogen and oxygen atoms in total. The summed E-state index contributed by atoms with van der Waals surface area (Å²) in [5.74, 6) is 0.472. The van der Waals surface area contributed by atoms with Gasteiger partial charge in [-0.3, -0.25) is 0 Å². The minimum Gasteiger partial charge on any atom is -0.490 e. The predicted octanol–water partition coefficient (Wildman–Crippen LogP) is 3.56. The van der Waals surface area contributed by atoms with Gasteiger partial charge in [0.25, 0.3) is 0 Å². The molecule has 0 aliphatic heterocycles. The van der Waals surface area contributed by atoms with Crippen LogP contribution in [0.25, 0.3) is 0 Å². The lowest BCUT2D eigenvalue weighted by Gasteiger charge is -2.12. The normalized spacial score (nSPS) is 10.4. The number of carbonyl (C=O) groups is 1. The Morgan fingerprint density at radius 3 is 2.57 bits per heavy atom. The second-order valence-corrected chi connectivity index (χ2v) is 5.74. The monoisotopic (exact) mass is 336 g/mol. The molecule has 2 N–H and O–H groups in total. The maximum absolute atomic E-state index is 11.0. The number of carboxylic acids is 1. The molecule has 0 aliphatic carbocycles. The van der Waals surface area contributed by atoms with Crippen molar-refractivity contribution in [3.8, 4) is 11.5 Å². The van der Waals surface area contributed by atoms with Crippen LogP contribution >= 0.6 is 11.3 Å². The number of aryl methyl sites for hydroxylation is 1. The van der Waals surface area contributed by atoms with Crippen molar-refractivity contribution in [3.63, 3.8) is 0 Å². The van der Waals surface area contributed by atoms with Gasteiger partial charge < -0.3 is 19.9 Å². The summed E-state index contributed by atoms with van der Waals surface area (Å²) in [5.41, 5.74) is 1.52. The number of nitrogens with one attached hydrogen (secondary N) is 1. The molecule has 0 bridgehead atoms. The SMILES string of the molecule is CCOc1ccc(CNc2nc(C)c(C(=O)O)s2)cc1OCC. The van der Waals surface area contributed by atoms with Crippen LogP contribution in [-0.2, 0) is 6.54 Å². The first-order chi connectivity index (χ1) is 11.0. The number of carboxylic acid groups (broad SMARTS) is 1. The van der Waals surface area contributed by atoms with Gasteiger partial charge >= 0.3 is 5.97 Å². The molecular formula is C16H20N2O4S. The predicted molar refractivity (Wildman–Crippen MR) is 89.9 cm³/mol. The van der Waals surface area contributed by atoms with Crippen LogP contribution in [0, 0.1) is 6.92 Å². The van der Waals surface area contributed by atoms with Crippen molar-refractivity contribution < 1.29 is 19.4 Å². The maximum atomic E-state index is 11.0. The van der Waals surface area contributed by atoms with Crippen molar-refractivity contribution in [1.29, 1.82) is 0 Å². The highest BCUT2D eigenvalue weighted by Crippen LogP contribution is 2.29. The fourth-order valence-corrected chi connectivity index (χ4v) is 2.85. The van der Waals surface area contributed by atoms with Crippen molar-refractivity contribution in [2.45, 2.75) is 27.3 Å². The third-order valence-electron chi connectivity index (χ3n) is 3.04. The smallest absolute Gasteiger partial charge is 0.347 e. The quantitative estimate of drug-likeness (QED) is 0.767. The van der Waals surface area contributed by atoms with Gasteiger partial charge in [-0.25, -0.2) is 9.78 Å². The third-order valence-corrected chi connectivity index (χ3v) is 4.15. The number of nitrogens with zero attached hydrogens (tertiary/aromatic N) is 1. The molecule has 7 heteroatoms. The number of anilines is 1. The van der Waals surface area contributed by atoms with Crippen LogP contribution in [0.1, 0.15) is 34.8 Å². The Hall–Kier alpha value is -2.28. The Kier molecular flexibility index (Phi) is 5.81. The molecule has 23 heavy (non-hydrogen) atoms. The number of hydrogen-bond acceptors (Lipinski definition) is 6. The van der Waals surface area contributed by atoms with E-state index in [0.29, 0.717) is 36.3 Å². The van der Waals surface area contributed by atoms with Gasteiger partial charge in [0.05, 0.1) is 18.9 Å². The Bertz CT molecular complexity index is 685. The molecule has 1 aromatic carbocycles. The topological polar surface area (TPSA) is 80.7 Å². The molecule has 0 spiro atoms. The highest BCUT2D eigenvalue weighted by Gasteiger charge is 2.14. The minimum absolute atomic E-state index is 0.259. The van der Waals surface area contributed by atoms with Crippen molar-refractivity contribution in [3.05, 3.63) is 34.3 Å². The van der Waals surface area contributed by atoms with Gasteiger partial charge in [0.15, 0.2) is 16.6 Å². The molecule has 0 radical (unpaired) electrons. The van der Waals surface area contributed by atoms with E-state index in [1.807, 2.05) is 32.0 Å². The number of aromatic nitrogens is 1. The Labute approximate surface area is 139 Å². The second kappa shape index (κ2) is 7.82. The lowest BCUT2D eigenvalue weighted by molar-refractivity contribution is 0.0701. The van der Waals surface area contributed by atoms with E-state index in [1.54, 1.807) is 6.92 Å². The van der Waals surface area contributed by atoms with Gasteiger partial charge in [0, 0.05) is 6.54 Å². The Balaban J connectivity index is 2.09. The van der Waals surface area contributed by atoms with E-state index in [1.165, 1.54) is 0 Å². The summed E-state index contributed by atoms with van der Waals surface area (Å²) in [6.07, 6.45) is 0. The maximum Gasteiger partial charge on any atom is 0.347 e. The molecule has 1 aromatic heterocycles. The summed E-state index contributed by atoms with van der Waals surface area (Å²) >= 11 is 1.13. The second-order valence-electron chi connectivity index (χ2n) is 4.74. The summed E-state index contributed by atoms with van der Waals surface area (Å²) in [6.45, 7) is 7.20. The molecular weight excluding hydrogens is 316 g/mol. The first-order valence-corrected chi connectivity index (χ1v) is 8.19. The van der Waals surface area contributed by atoms with Gasteiger partial charge in [-0.15, -0.1) is 0 Å². The largest absolute Gasteiger partial charge is 0.490 e. The van der Waals surface area contributed by atoms with Crippen molar-refractivity contribution in [1.82, 2.24) is 4.98 Å². The van der Waals surface area contributed by atoms with Crippen LogP contribution < -0.4 is 14.8 Å². The summed E-state index contributed by atoms with van der Waals surface area (Å²) in [7, 11) is 0. The molecule has 0 aliphatic rings. The molecule has 2 aromatic rings. The highest BCUT2D eigenvalue weighted by molar-refractivity contribution is 7.17. The van der Waals surface area contributed by atoms with E-state index < -0.39 is 5.97 Å². The van der Waals surface area contributed by atoms with E-state index in [9.17, 15) is 4.79 Å². The third kappa shape index (κ3) is 4.35.